The maximum atomic E-state index is 12.6. The molecule has 5 rings (SSSR count). The molecule has 3 N–H and O–H groups in total. The van der Waals surface area contributed by atoms with Crippen LogP contribution >= 0.6 is 11.6 Å². The lowest BCUT2D eigenvalue weighted by Gasteiger charge is -2.39. The third-order valence-electron chi connectivity index (χ3n) is 7.41. The molecule has 0 bridgehead atoms. The molecule has 0 aromatic heterocycles. The highest BCUT2D eigenvalue weighted by molar-refractivity contribution is 6.30. The number of amides is 2. The average molecular weight is 532 g/mol. The number of anilines is 1. The van der Waals surface area contributed by atoms with Crippen molar-refractivity contribution in [3.8, 4) is 17.2 Å². The van der Waals surface area contributed by atoms with Crippen molar-refractivity contribution in [1.29, 1.82) is 0 Å². The van der Waals surface area contributed by atoms with Crippen LogP contribution in [0.3, 0.4) is 0 Å². The molecule has 3 heterocycles. The van der Waals surface area contributed by atoms with Crippen LogP contribution in [0.15, 0.2) is 36.4 Å². The number of hydrogen-bond donors (Lipinski definition) is 3. The van der Waals surface area contributed by atoms with E-state index in [9.17, 15) is 15.0 Å². The molecule has 3 aliphatic rings. The minimum absolute atomic E-state index is 0.0700. The second kappa shape index (κ2) is 10.9. The maximum Gasteiger partial charge on any atom is 0.322 e. The minimum Gasteiger partial charge on any atom is -0.497 e. The molecule has 0 saturated carbocycles. The molecule has 37 heavy (non-hydrogen) atoms. The van der Waals surface area contributed by atoms with Gasteiger partial charge in [0.25, 0.3) is 0 Å². The Morgan fingerprint density at radius 2 is 2.05 bits per heavy atom. The molecule has 0 unspecified atom stereocenters. The average Bonchev–Trinajstić information content (AvgIpc) is 3.48. The summed E-state index contributed by atoms with van der Waals surface area (Å²) < 4.78 is 17.6. The topological polar surface area (TPSA) is 104 Å². The van der Waals surface area contributed by atoms with Crippen LogP contribution in [0.2, 0.25) is 5.02 Å². The number of methoxy groups -OCH3 is 1. The van der Waals surface area contributed by atoms with Gasteiger partial charge in [0.2, 0.25) is 0 Å². The predicted octanol–water partition coefficient (Wildman–Crippen LogP) is 3.16. The molecule has 0 radical (unpaired) electrons. The zero-order valence-corrected chi connectivity index (χ0v) is 21.7. The minimum atomic E-state index is -0.710. The molecule has 2 aromatic carbocycles. The number of aliphatic hydroxyl groups is 2. The number of carbonyl (C=O) groups is 1. The van der Waals surface area contributed by atoms with Gasteiger partial charge in [0.15, 0.2) is 0 Å². The summed E-state index contributed by atoms with van der Waals surface area (Å²) in [6, 6.07) is 10.6. The number of nitrogens with one attached hydrogen (secondary N) is 1. The van der Waals surface area contributed by atoms with Crippen molar-refractivity contribution in [3.05, 3.63) is 47.0 Å². The first-order chi connectivity index (χ1) is 17.8. The first kappa shape index (κ1) is 25.9. The predicted molar refractivity (Wildman–Crippen MR) is 140 cm³/mol. The van der Waals surface area contributed by atoms with Gasteiger partial charge in [-0.15, -0.1) is 0 Å². The summed E-state index contributed by atoms with van der Waals surface area (Å²) in [4.78, 5) is 16.4. The van der Waals surface area contributed by atoms with Crippen LogP contribution in [-0.4, -0.2) is 90.3 Å². The Hall–Kier alpha value is -2.72. The second-order valence-corrected chi connectivity index (χ2v) is 10.6. The number of β-amino-alcohol motifs (C(OH)–C–C–N with tert-alkyl or cyclic N) is 2. The highest BCUT2D eigenvalue weighted by atomic mass is 35.5. The lowest BCUT2D eigenvalue weighted by Crippen LogP contribution is -2.49. The van der Waals surface area contributed by atoms with E-state index in [0.717, 1.165) is 48.7 Å². The molecule has 2 aromatic rings. The van der Waals surface area contributed by atoms with Gasteiger partial charge < -0.3 is 39.5 Å². The summed E-state index contributed by atoms with van der Waals surface area (Å²) in [5.74, 6) is 1.92. The highest BCUT2D eigenvalue weighted by Crippen LogP contribution is 2.42. The van der Waals surface area contributed by atoms with E-state index in [1.165, 1.54) is 0 Å². The van der Waals surface area contributed by atoms with E-state index in [2.05, 4.69) is 10.2 Å². The van der Waals surface area contributed by atoms with Crippen molar-refractivity contribution in [2.75, 3.05) is 51.8 Å². The first-order valence-electron chi connectivity index (χ1n) is 12.8. The number of likely N-dealkylation sites (tertiary alicyclic amines) is 2. The lowest BCUT2D eigenvalue weighted by molar-refractivity contribution is -0.00192. The molecule has 2 fully saturated rings. The molecule has 1 spiro atoms. The summed E-state index contributed by atoms with van der Waals surface area (Å²) in [5.41, 5.74) is 1.46. The normalized spacial score (nSPS) is 21.4. The number of rotatable bonds is 7. The maximum absolute atomic E-state index is 12.6. The van der Waals surface area contributed by atoms with Crippen LogP contribution in [0.25, 0.3) is 0 Å². The molecule has 3 aliphatic heterocycles. The Bertz CT molecular complexity index is 1120. The fraction of sp³-hybridized carbons (Fsp3) is 0.519. The van der Waals surface area contributed by atoms with Crippen molar-refractivity contribution >= 4 is 23.3 Å². The van der Waals surface area contributed by atoms with Gasteiger partial charge in [0, 0.05) is 63.1 Å². The molecule has 10 heteroatoms. The Morgan fingerprint density at radius 1 is 1.24 bits per heavy atom. The Morgan fingerprint density at radius 3 is 2.78 bits per heavy atom. The number of piperidine rings is 1. The van der Waals surface area contributed by atoms with Gasteiger partial charge in [-0.3, -0.25) is 0 Å². The van der Waals surface area contributed by atoms with Crippen LogP contribution in [-0.2, 0) is 6.42 Å². The fourth-order valence-electron chi connectivity index (χ4n) is 5.33. The van der Waals surface area contributed by atoms with Crippen LogP contribution in [0.1, 0.15) is 24.8 Å². The quantitative estimate of drug-likeness (QED) is 0.504. The van der Waals surface area contributed by atoms with E-state index < -0.39 is 12.2 Å². The SMILES string of the molecule is COc1ccc(NC(=O)N2CC[C@H](O)C2)c(OC[C@@H](O)CN2CCC3(CC2)Cc2cc(Cl)ccc2O3)c1. The van der Waals surface area contributed by atoms with Gasteiger partial charge in [-0.2, -0.15) is 0 Å². The monoisotopic (exact) mass is 531 g/mol. The molecular formula is C27H34ClN3O6. The van der Waals surface area contributed by atoms with E-state index in [1.54, 1.807) is 30.2 Å². The molecule has 0 aliphatic carbocycles. The van der Waals surface area contributed by atoms with Crippen molar-refractivity contribution in [2.24, 2.45) is 0 Å². The Labute approximate surface area is 221 Å². The van der Waals surface area contributed by atoms with Crippen LogP contribution in [0.4, 0.5) is 10.5 Å². The smallest absolute Gasteiger partial charge is 0.322 e. The number of benzene rings is 2. The number of halogens is 1. The van der Waals surface area contributed by atoms with Gasteiger partial charge >= 0.3 is 6.03 Å². The second-order valence-electron chi connectivity index (χ2n) is 10.2. The number of nitrogens with zero attached hydrogens (tertiary/aromatic N) is 2. The van der Waals surface area contributed by atoms with Crippen LogP contribution in [0.5, 0.6) is 17.2 Å². The molecular weight excluding hydrogens is 498 g/mol. The third kappa shape index (κ3) is 6.06. The van der Waals surface area contributed by atoms with Crippen molar-refractivity contribution in [2.45, 2.75) is 43.5 Å². The summed E-state index contributed by atoms with van der Waals surface area (Å²) in [6.45, 7) is 2.99. The zero-order valence-electron chi connectivity index (χ0n) is 21.0. The molecule has 2 amide bonds. The highest BCUT2D eigenvalue weighted by Gasteiger charge is 2.42. The van der Waals surface area contributed by atoms with E-state index in [0.29, 0.717) is 43.2 Å². The number of fused-ring (bicyclic) bond motifs is 1. The number of ether oxygens (including phenoxy) is 3. The summed E-state index contributed by atoms with van der Waals surface area (Å²) >= 11 is 6.15. The van der Waals surface area contributed by atoms with Gasteiger partial charge in [-0.25, -0.2) is 4.79 Å². The van der Waals surface area contributed by atoms with E-state index in [4.69, 9.17) is 25.8 Å². The van der Waals surface area contributed by atoms with E-state index in [1.807, 2.05) is 18.2 Å². The van der Waals surface area contributed by atoms with Crippen molar-refractivity contribution in [3.63, 3.8) is 0 Å². The molecule has 200 valence electrons. The Balaban J connectivity index is 1.13. The van der Waals surface area contributed by atoms with Crippen molar-refractivity contribution < 1.29 is 29.2 Å². The van der Waals surface area contributed by atoms with Gasteiger partial charge in [-0.1, -0.05) is 11.6 Å². The zero-order chi connectivity index (χ0) is 26.0. The van der Waals surface area contributed by atoms with Gasteiger partial charge in [0.1, 0.15) is 35.6 Å². The van der Waals surface area contributed by atoms with Crippen LogP contribution < -0.4 is 19.5 Å². The standard InChI is InChI=1S/C27H34ClN3O6/c1-35-22-3-4-23(29-26(34)31-9-6-20(32)16-31)25(13-22)36-17-21(33)15-30-10-7-27(8-11-30)14-18-12-19(28)2-5-24(18)37-27/h2-5,12-13,20-21,32-33H,6-11,14-17H2,1H3,(H,29,34)/t20-,21-/m0/s1. The number of hydrogen-bond acceptors (Lipinski definition) is 7. The molecule has 9 nitrogen and oxygen atoms in total. The molecule has 2 saturated heterocycles. The third-order valence-corrected chi connectivity index (χ3v) is 7.65. The first-order valence-corrected chi connectivity index (χ1v) is 13.1. The molecule has 2 atom stereocenters. The van der Waals surface area contributed by atoms with Crippen molar-refractivity contribution in [1.82, 2.24) is 9.80 Å². The summed E-state index contributed by atoms with van der Waals surface area (Å²) in [7, 11) is 1.56. The van der Waals surface area contributed by atoms with Crippen LogP contribution in [0, 0.1) is 0 Å². The van der Waals surface area contributed by atoms with Gasteiger partial charge in [-0.05, 0) is 42.3 Å². The lowest BCUT2D eigenvalue weighted by atomic mass is 9.87. The fourth-order valence-corrected chi connectivity index (χ4v) is 5.53. The van der Waals surface area contributed by atoms with E-state index in [-0.39, 0.29) is 18.2 Å². The number of urea groups is 1. The largest absolute Gasteiger partial charge is 0.497 e. The summed E-state index contributed by atoms with van der Waals surface area (Å²) in [5, 5.41) is 24.0. The summed E-state index contributed by atoms with van der Waals surface area (Å²) in [6.07, 6.45) is 1.98. The number of carbonyl (C=O) groups excluding carboxylic acids is 1. The van der Waals surface area contributed by atoms with E-state index >= 15 is 0 Å². The number of aliphatic hydroxyl groups excluding tert-OH is 2. The van der Waals surface area contributed by atoms with Gasteiger partial charge in [0.05, 0.1) is 18.9 Å². The Kier molecular flexibility index (Phi) is 7.67.